The van der Waals surface area contributed by atoms with Crippen molar-refractivity contribution in [3.05, 3.63) is 76.9 Å². The van der Waals surface area contributed by atoms with Crippen LogP contribution >= 0.6 is 12.2 Å². The van der Waals surface area contributed by atoms with Crippen molar-refractivity contribution in [3.8, 4) is 34.0 Å². The molecule has 0 spiro atoms. The number of benzene rings is 3. The Bertz CT molecular complexity index is 1630. The number of carbonyl (C=O) groups is 1. The van der Waals surface area contributed by atoms with E-state index in [0.29, 0.717) is 35.0 Å². The van der Waals surface area contributed by atoms with Crippen LogP contribution in [0.4, 0.5) is 0 Å². The highest BCUT2D eigenvalue weighted by molar-refractivity contribution is 7.71. The summed E-state index contributed by atoms with van der Waals surface area (Å²) in [5, 5.41) is 12.6. The Morgan fingerprint density at radius 2 is 1.89 bits per heavy atom. The Morgan fingerprint density at radius 3 is 2.61 bits per heavy atom. The molecule has 0 radical (unpaired) electrons. The third-order valence-corrected chi connectivity index (χ3v) is 6.14. The Labute approximate surface area is 212 Å². The van der Waals surface area contributed by atoms with Gasteiger partial charge in [0.25, 0.3) is 0 Å². The fraction of sp³-hybridized carbons (Fsp3) is 0.185. The fourth-order valence-corrected chi connectivity index (χ4v) is 4.45. The smallest absolute Gasteiger partial charge is 0.337 e. The molecule has 182 valence electrons. The van der Waals surface area contributed by atoms with Crippen molar-refractivity contribution in [1.29, 1.82) is 0 Å². The van der Waals surface area contributed by atoms with Gasteiger partial charge in [-0.25, -0.2) is 14.9 Å². The molecular formula is C27H24N4O4S. The maximum atomic E-state index is 12.0. The molecule has 0 saturated carbocycles. The molecule has 3 aromatic carbocycles. The third-order valence-electron chi connectivity index (χ3n) is 5.96. The lowest BCUT2D eigenvalue weighted by atomic mass is 9.98. The Morgan fingerprint density at radius 1 is 1.08 bits per heavy atom. The normalized spacial score (nSPS) is 11.2. The summed E-state index contributed by atoms with van der Waals surface area (Å²) < 4.78 is 13.3. The summed E-state index contributed by atoms with van der Waals surface area (Å²) in [5.41, 5.74) is 4.71. The molecule has 2 N–H and O–H groups in total. The van der Waals surface area contributed by atoms with E-state index in [1.54, 1.807) is 12.1 Å². The number of fused-ring (bicyclic) bond motifs is 1. The molecule has 0 aliphatic rings. The molecule has 0 fully saturated rings. The number of nitrogens with one attached hydrogen (secondary N) is 1. The lowest BCUT2D eigenvalue weighted by molar-refractivity contribution is 0.0698. The van der Waals surface area contributed by atoms with Crippen LogP contribution in [0.1, 0.15) is 35.9 Å². The van der Waals surface area contributed by atoms with E-state index in [4.69, 9.17) is 21.5 Å². The summed E-state index contributed by atoms with van der Waals surface area (Å²) in [6.07, 6.45) is 1.90. The first kappa shape index (κ1) is 23.5. The first-order chi connectivity index (χ1) is 17.5. The maximum Gasteiger partial charge on any atom is 0.337 e. The minimum Gasteiger partial charge on any atom is -0.493 e. The molecule has 0 amide bonds. The molecule has 36 heavy (non-hydrogen) atoms. The Balaban J connectivity index is 1.70. The van der Waals surface area contributed by atoms with Crippen LogP contribution in [-0.2, 0) is 0 Å². The highest BCUT2D eigenvalue weighted by Crippen LogP contribution is 2.38. The first-order valence-electron chi connectivity index (χ1n) is 11.6. The van der Waals surface area contributed by atoms with Gasteiger partial charge in [-0.15, -0.1) is 0 Å². The molecule has 2 heterocycles. The summed E-state index contributed by atoms with van der Waals surface area (Å²) in [7, 11) is 0. The zero-order valence-corrected chi connectivity index (χ0v) is 20.6. The van der Waals surface area contributed by atoms with E-state index in [1.807, 2.05) is 60.0 Å². The molecule has 0 atom stereocenters. The van der Waals surface area contributed by atoms with E-state index in [1.165, 1.54) is 0 Å². The zero-order chi connectivity index (χ0) is 25.2. The minimum absolute atomic E-state index is 0.131. The van der Waals surface area contributed by atoms with Gasteiger partial charge in [-0.1, -0.05) is 43.7 Å². The lowest BCUT2D eigenvalue weighted by Gasteiger charge is -2.17. The molecule has 0 saturated heterocycles. The molecule has 8 nitrogen and oxygen atoms in total. The number of aryl methyl sites for hydroxylation is 1. The van der Waals surface area contributed by atoms with E-state index in [0.717, 1.165) is 35.2 Å². The molecule has 0 aliphatic carbocycles. The van der Waals surface area contributed by atoms with E-state index in [2.05, 4.69) is 22.0 Å². The molecule has 0 unspecified atom stereocenters. The lowest BCUT2D eigenvalue weighted by Crippen LogP contribution is -2.05. The molecule has 5 aromatic rings. The number of rotatable bonds is 8. The quantitative estimate of drug-likeness (QED) is 0.183. The van der Waals surface area contributed by atoms with E-state index >= 15 is 0 Å². The van der Waals surface area contributed by atoms with Crippen molar-refractivity contribution in [3.63, 3.8) is 0 Å². The number of nitrogens with zero attached hydrogens (tertiary/aromatic N) is 3. The zero-order valence-electron chi connectivity index (χ0n) is 19.8. The fourth-order valence-electron chi connectivity index (χ4n) is 4.32. The van der Waals surface area contributed by atoms with Crippen LogP contribution in [0.5, 0.6) is 5.75 Å². The van der Waals surface area contributed by atoms with Gasteiger partial charge in [0.2, 0.25) is 0 Å². The monoisotopic (exact) mass is 500 g/mol. The van der Waals surface area contributed by atoms with Gasteiger partial charge < -0.3 is 14.4 Å². The van der Waals surface area contributed by atoms with Gasteiger partial charge in [0.1, 0.15) is 11.6 Å². The minimum atomic E-state index is -1.00. The second kappa shape index (κ2) is 9.79. The average molecular weight is 501 g/mol. The predicted molar refractivity (Wildman–Crippen MR) is 139 cm³/mol. The standard InChI is InChI=1S/C27H24N4O4S/c1-3-4-14-34-23-15-17(31-16(2)28-22-11-7-10-21(24(22)31)26(32)33)12-13-19(23)18-8-5-6-9-20(18)25-29-27(36)35-30-25/h5-13,15H,3-4,14H2,1-2H3,(H,32,33)(H,29,30,36). The van der Waals surface area contributed by atoms with Crippen LogP contribution in [0.3, 0.4) is 0 Å². The third kappa shape index (κ3) is 4.29. The van der Waals surface area contributed by atoms with Gasteiger partial charge in [-0.05, 0) is 55.4 Å². The SMILES string of the molecule is CCCCOc1cc(-n2c(C)nc3cccc(C(=O)O)c32)ccc1-c1ccccc1-c1nc(=S)o[nH]1. The summed E-state index contributed by atoms with van der Waals surface area (Å²) in [5.74, 6) is 0.879. The number of ether oxygens (including phenoxy) is 1. The summed E-state index contributed by atoms with van der Waals surface area (Å²) in [6, 6.07) is 18.8. The first-order valence-corrected chi connectivity index (χ1v) is 12.0. The van der Waals surface area contributed by atoms with Crippen LogP contribution in [0.2, 0.25) is 0 Å². The number of para-hydroxylation sites is 1. The molecule has 0 aliphatic heterocycles. The molecule has 9 heteroatoms. The van der Waals surface area contributed by atoms with Crippen LogP contribution in [-0.4, -0.2) is 37.4 Å². The number of aromatic amines is 1. The maximum absolute atomic E-state index is 12.0. The van der Waals surface area contributed by atoms with Gasteiger partial charge in [-0.3, -0.25) is 4.57 Å². The number of imidazole rings is 1. The van der Waals surface area contributed by atoms with E-state index < -0.39 is 5.97 Å². The topological polar surface area (TPSA) is 106 Å². The Kier molecular flexibility index (Phi) is 6.39. The highest BCUT2D eigenvalue weighted by atomic mass is 32.1. The molecular weight excluding hydrogens is 476 g/mol. The van der Waals surface area contributed by atoms with Gasteiger partial charge in [-0.2, -0.15) is 4.98 Å². The Hall–Kier alpha value is -4.24. The summed E-state index contributed by atoms with van der Waals surface area (Å²) in [6.45, 7) is 4.52. The van der Waals surface area contributed by atoms with Gasteiger partial charge >= 0.3 is 10.8 Å². The number of hydrogen-bond donors (Lipinski definition) is 2. The number of H-pyrrole nitrogens is 1. The largest absolute Gasteiger partial charge is 0.493 e. The number of carboxylic acid groups (broad SMARTS) is 1. The molecule has 0 bridgehead atoms. The van der Waals surface area contributed by atoms with Crippen LogP contribution in [0.25, 0.3) is 39.2 Å². The van der Waals surface area contributed by atoms with Crippen molar-refractivity contribution in [1.82, 2.24) is 19.7 Å². The van der Waals surface area contributed by atoms with Crippen molar-refractivity contribution < 1.29 is 19.2 Å². The van der Waals surface area contributed by atoms with Crippen LogP contribution in [0, 0.1) is 11.8 Å². The van der Waals surface area contributed by atoms with E-state index in [9.17, 15) is 9.90 Å². The highest BCUT2D eigenvalue weighted by Gasteiger charge is 2.20. The summed E-state index contributed by atoms with van der Waals surface area (Å²) in [4.78, 5) is 21.0. The van der Waals surface area contributed by atoms with E-state index in [-0.39, 0.29) is 10.4 Å². The number of hydrogen-bond acceptors (Lipinski definition) is 6. The second-order valence-electron chi connectivity index (χ2n) is 8.33. The van der Waals surface area contributed by atoms with Gasteiger partial charge in [0.15, 0.2) is 5.82 Å². The van der Waals surface area contributed by atoms with Gasteiger partial charge in [0.05, 0.1) is 28.9 Å². The van der Waals surface area contributed by atoms with Crippen molar-refractivity contribution in [2.24, 2.45) is 0 Å². The summed E-state index contributed by atoms with van der Waals surface area (Å²) >= 11 is 5.05. The molecule has 5 rings (SSSR count). The van der Waals surface area contributed by atoms with Crippen molar-refractivity contribution >= 4 is 29.2 Å². The second-order valence-corrected chi connectivity index (χ2v) is 8.68. The number of aromatic carboxylic acids is 1. The van der Waals surface area contributed by atoms with Gasteiger partial charge in [0, 0.05) is 17.2 Å². The average Bonchev–Trinajstić information content (AvgIpc) is 3.46. The van der Waals surface area contributed by atoms with Crippen molar-refractivity contribution in [2.75, 3.05) is 6.61 Å². The van der Waals surface area contributed by atoms with Crippen LogP contribution < -0.4 is 4.74 Å². The predicted octanol–water partition coefficient (Wildman–Crippen LogP) is 6.59. The number of unbranched alkanes of at least 4 members (excludes halogenated alkanes) is 1. The molecule has 2 aromatic heterocycles. The van der Waals surface area contributed by atoms with Crippen LogP contribution in [0.15, 0.2) is 65.2 Å². The van der Waals surface area contributed by atoms with Crippen molar-refractivity contribution in [2.45, 2.75) is 26.7 Å². The number of carboxylic acids is 1. The number of aromatic nitrogens is 4.